The molecule has 6 rings (SSSR count). The first-order valence-corrected chi connectivity index (χ1v) is 20.3. The van der Waals surface area contributed by atoms with Crippen molar-refractivity contribution in [2.24, 2.45) is 0 Å². The van der Waals surface area contributed by atoms with E-state index in [2.05, 4.69) is 66.4 Å². The highest BCUT2D eigenvalue weighted by atomic mass is 28.3. The number of anilines is 2. The first kappa shape index (κ1) is 31.9. The van der Waals surface area contributed by atoms with Crippen LogP contribution in [0.2, 0.25) is 19.6 Å². The van der Waals surface area contributed by atoms with Crippen molar-refractivity contribution in [2.45, 2.75) is 103 Å². The fourth-order valence-corrected chi connectivity index (χ4v) is 7.50. The number of nitrogens with one attached hydrogen (secondary N) is 1. The molecule has 45 heavy (non-hydrogen) atoms. The van der Waals surface area contributed by atoms with Gasteiger partial charge in [0, 0.05) is 49.7 Å². The minimum atomic E-state index is -1.59. The molecule has 9 heteroatoms. The number of hydrogen-bond donors (Lipinski definition) is 1. The van der Waals surface area contributed by atoms with Crippen molar-refractivity contribution in [3.63, 3.8) is 0 Å². The van der Waals surface area contributed by atoms with E-state index in [1.54, 1.807) is 0 Å². The molecule has 242 valence electrons. The molecule has 1 aromatic carbocycles. The maximum absolute atomic E-state index is 12.5. The van der Waals surface area contributed by atoms with E-state index in [1.165, 1.54) is 11.1 Å². The highest BCUT2D eigenvalue weighted by Gasteiger charge is 2.39. The lowest BCUT2D eigenvalue weighted by molar-refractivity contribution is -0.0196. The number of carbonyl (C=O) groups is 1. The molecule has 4 aliphatic heterocycles. The van der Waals surface area contributed by atoms with Crippen molar-refractivity contribution < 1.29 is 19.0 Å². The zero-order chi connectivity index (χ0) is 31.9. The van der Waals surface area contributed by atoms with Gasteiger partial charge in [-0.2, -0.15) is 0 Å². The van der Waals surface area contributed by atoms with Crippen LogP contribution in [0.15, 0.2) is 24.4 Å². The number of likely N-dealkylation sites (tertiary alicyclic amines) is 2. The molecule has 1 aromatic heterocycles. The van der Waals surface area contributed by atoms with Crippen LogP contribution in [0, 0.1) is 11.5 Å². The van der Waals surface area contributed by atoms with Gasteiger partial charge in [-0.1, -0.05) is 25.6 Å². The van der Waals surface area contributed by atoms with Crippen molar-refractivity contribution in [1.82, 2.24) is 14.8 Å². The predicted molar refractivity (Wildman–Crippen MR) is 181 cm³/mol. The molecule has 0 radical (unpaired) electrons. The van der Waals surface area contributed by atoms with Gasteiger partial charge in [0.1, 0.15) is 31.3 Å². The van der Waals surface area contributed by atoms with E-state index in [0.29, 0.717) is 17.9 Å². The maximum Gasteiger partial charge on any atom is 0.410 e. The molecule has 4 aliphatic rings. The fraction of sp³-hybridized carbons (Fsp3) is 0.611. The van der Waals surface area contributed by atoms with Crippen molar-refractivity contribution in [3.05, 3.63) is 46.6 Å². The molecule has 1 amide bonds. The van der Waals surface area contributed by atoms with E-state index in [9.17, 15) is 4.79 Å². The zero-order valence-corrected chi connectivity index (χ0v) is 29.2. The number of aromatic nitrogens is 1. The van der Waals surface area contributed by atoms with Crippen LogP contribution >= 0.6 is 0 Å². The minimum Gasteiger partial charge on any atom is -0.484 e. The topological polar surface area (TPSA) is 76.2 Å². The molecule has 5 heterocycles. The Hall–Kier alpha value is -3.06. The number of benzene rings is 1. The number of ether oxygens (including phenoxy) is 3. The van der Waals surface area contributed by atoms with Gasteiger partial charge in [0.25, 0.3) is 0 Å². The lowest BCUT2D eigenvalue weighted by Crippen LogP contribution is -2.62. The monoisotopic (exact) mass is 630 g/mol. The van der Waals surface area contributed by atoms with Crippen LogP contribution < -0.4 is 10.1 Å². The molecule has 0 saturated carbocycles. The molecule has 8 nitrogen and oxygen atoms in total. The highest BCUT2D eigenvalue weighted by molar-refractivity contribution is 6.83. The first-order chi connectivity index (χ1) is 21.3. The molecular weight excluding hydrogens is 581 g/mol. The third-order valence-electron chi connectivity index (χ3n) is 9.37. The normalized spacial score (nSPS) is 21.7. The van der Waals surface area contributed by atoms with Crippen LogP contribution in [0.3, 0.4) is 0 Å². The maximum atomic E-state index is 12.5. The van der Waals surface area contributed by atoms with E-state index in [0.717, 1.165) is 93.5 Å². The SMILES string of the molecule is CC1Oc2cc(C#C[Si](C)(C)C)c(C3CCN(C4CN(C(=O)OC(C)(C)C)C4)CC3)cc2Nc2nccc(C3CCOCC3)c21. The number of carbonyl (C=O) groups excluding carboxylic acids is 1. The van der Waals surface area contributed by atoms with Crippen LogP contribution in [0.4, 0.5) is 16.3 Å². The molecule has 3 fully saturated rings. The second-order valence-corrected chi connectivity index (χ2v) is 20.0. The zero-order valence-electron chi connectivity index (χ0n) is 28.2. The quantitative estimate of drug-likeness (QED) is 0.284. The third kappa shape index (κ3) is 7.34. The summed E-state index contributed by atoms with van der Waals surface area (Å²) in [4.78, 5) is 21.7. The third-order valence-corrected chi connectivity index (χ3v) is 10.2. The van der Waals surface area contributed by atoms with Gasteiger partial charge in [0.2, 0.25) is 0 Å². The second-order valence-electron chi connectivity index (χ2n) is 15.2. The Morgan fingerprint density at radius 1 is 1.04 bits per heavy atom. The lowest BCUT2D eigenvalue weighted by atomic mass is 9.85. The second kappa shape index (κ2) is 12.6. The molecular formula is C36H50N4O4Si. The molecule has 1 atom stereocenters. The van der Waals surface area contributed by atoms with Crippen LogP contribution in [-0.4, -0.2) is 80.0 Å². The predicted octanol–water partition coefficient (Wildman–Crippen LogP) is 7.20. The van der Waals surface area contributed by atoms with Gasteiger partial charge >= 0.3 is 6.09 Å². The Morgan fingerprint density at radius 3 is 2.40 bits per heavy atom. The number of amides is 1. The Kier molecular flexibility index (Phi) is 8.94. The Bertz CT molecular complexity index is 1470. The molecule has 0 bridgehead atoms. The highest BCUT2D eigenvalue weighted by Crippen LogP contribution is 2.45. The molecule has 0 aliphatic carbocycles. The van der Waals surface area contributed by atoms with E-state index >= 15 is 0 Å². The first-order valence-electron chi connectivity index (χ1n) is 16.8. The fourth-order valence-electron chi connectivity index (χ4n) is 6.99. The summed E-state index contributed by atoms with van der Waals surface area (Å²) < 4.78 is 17.9. The molecule has 0 spiro atoms. The van der Waals surface area contributed by atoms with Gasteiger partial charge in [-0.3, -0.25) is 4.90 Å². The van der Waals surface area contributed by atoms with Gasteiger partial charge in [-0.15, -0.1) is 5.54 Å². The summed E-state index contributed by atoms with van der Waals surface area (Å²) in [6.07, 6.45) is 5.76. The molecule has 1 N–H and O–H groups in total. The van der Waals surface area contributed by atoms with Gasteiger partial charge in [0.05, 0.1) is 5.69 Å². The number of rotatable bonds is 3. The molecule has 3 saturated heterocycles. The van der Waals surface area contributed by atoms with Crippen LogP contribution in [0.1, 0.15) is 93.6 Å². The summed E-state index contributed by atoms with van der Waals surface area (Å²) >= 11 is 0. The van der Waals surface area contributed by atoms with Crippen molar-refractivity contribution in [3.8, 4) is 17.2 Å². The number of fused-ring (bicyclic) bond motifs is 2. The van der Waals surface area contributed by atoms with Crippen molar-refractivity contribution in [2.75, 3.05) is 44.7 Å². The number of nitrogens with zero attached hydrogens (tertiary/aromatic N) is 3. The minimum absolute atomic E-state index is 0.130. The standard InChI is InChI=1S/C36H50N4O4Si/c1-24-33-29(26-11-17-42-18-12-26)8-14-37-34(33)38-31-21-30(27(20-32(31)43-24)13-19-45(5,6)7)25-9-15-39(16-10-25)28-22-40(23-28)35(41)44-36(2,3)4/h8,14,20-21,24-26,28H,9-12,15-18,22-23H2,1-7H3,(H,37,38). The van der Waals surface area contributed by atoms with Gasteiger partial charge < -0.3 is 24.4 Å². The average Bonchev–Trinajstić information content (AvgIpc) is 3.09. The van der Waals surface area contributed by atoms with Gasteiger partial charge in [0.15, 0.2) is 0 Å². The largest absolute Gasteiger partial charge is 0.484 e. The summed E-state index contributed by atoms with van der Waals surface area (Å²) in [6.45, 7) is 19.9. The van der Waals surface area contributed by atoms with Crippen LogP contribution in [0.25, 0.3) is 0 Å². The number of hydrogen-bond acceptors (Lipinski definition) is 7. The van der Waals surface area contributed by atoms with E-state index in [4.69, 9.17) is 19.2 Å². The summed E-state index contributed by atoms with van der Waals surface area (Å²) in [7, 11) is -1.59. The molecule has 2 aromatic rings. The summed E-state index contributed by atoms with van der Waals surface area (Å²) in [5.74, 6) is 6.21. The Morgan fingerprint density at radius 2 is 1.73 bits per heavy atom. The summed E-state index contributed by atoms with van der Waals surface area (Å²) in [5, 5.41) is 3.70. The van der Waals surface area contributed by atoms with E-state index in [-0.39, 0.29) is 12.2 Å². The number of piperidine rings is 1. The van der Waals surface area contributed by atoms with Crippen LogP contribution in [-0.2, 0) is 9.47 Å². The van der Waals surface area contributed by atoms with Crippen LogP contribution in [0.5, 0.6) is 5.75 Å². The van der Waals surface area contributed by atoms with Crippen molar-refractivity contribution >= 4 is 25.7 Å². The lowest BCUT2D eigenvalue weighted by Gasteiger charge is -2.47. The van der Waals surface area contributed by atoms with E-state index < -0.39 is 13.7 Å². The molecule has 1 unspecified atom stereocenters. The van der Waals surface area contributed by atoms with Crippen molar-refractivity contribution in [1.29, 1.82) is 0 Å². The number of pyridine rings is 1. The van der Waals surface area contributed by atoms with Gasteiger partial charge in [-0.25, -0.2) is 9.78 Å². The average molecular weight is 631 g/mol. The summed E-state index contributed by atoms with van der Waals surface area (Å²) in [5.41, 5.74) is 9.01. The Labute approximate surface area is 270 Å². The van der Waals surface area contributed by atoms with Gasteiger partial charge in [-0.05, 0) is 108 Å². The Balaban J connectivity index is 1.22. The smallest absolute Gasteiger partial charge is 0.410 e. The van der Waals surface area contributed by atoms with E-state index in [1.807, 2.05) is 31.9 Å². The summed E-state index contributed by atoms with van der Waals surface area (Å²) in [6, 6.07) is 7.05.